The summed E-state index contributed by atoms with van der Waals surface area (Å²) in [7, 11) is 1.51. The van der Waals surface area contributed by atoms with Crippen LogP contribution in [0.1, 0.15) is 0 Å². The van der Waals surface area contributed by atoms with E-state index in [1.54, 1.807) is 0 Å². The van der Waals surface area contributed by atoms with E-state index in [0.717, 1.165) is 0 Å². The summed E-state index contributed by atoms with van der Waals surface area (Å²) < 4.78 is 18.2. The smallest absolute Gasteiger partial charge is 0.139 e. The Labute approximate surface area is 102 Å². The molecule has 0 aliphatic rings. The molecule has 1 aromatic carbocycles. The van der Waals surface area contributed by atoms with Gasteiger partial charge in [0.1, 0.15) is 5.82 Å². The average Bonchev–Trinajstić information content (AvgIpc) is 2.22. The number of hydrogen-bond acceptors (Lipinski definition) is 4. The Morgan fingerprint density at radius 3 is 2.94 bits per heavy atom. The normalized spacial score (nSPS) is 12.5. The van der Waals surface area contributed by atoms with Gasteiger partial charge in [-0.05, 0) is 22.0 Å². The van der Waals surface area contributed by atoms with E-state index in [1.165, 1.54) is 19.2 Å². The zero-order valence-corrected chi connectivity index (χ0v) is 10.4. The second kappa shape index (κ2) is 6.03. The molecule has 4 nitrogen and oxygen atoms in total. The predicted molar refractivity (Wildman–Crippen MR) is 64.9 cm³/mol. The van der Waals surface area contributed by atoms with Crippen LogP contribution in [0, 0.1) is 5.82 Å². The van der Waals surface area contributed by atoms with E-state index in [0.29, 0.717) is 15.8 Å². The van der Waals surface area contributed by atoms with E-state index < -0.39 is 11.9 Å². The fourth-order valence-electron chi connectivity index (χ4n) is 1.19. The molecule has 0 radical (unpaired) electrons. The lowest BCUT2D eigenvalue weighted by Crippen LogP contribution is -2.24. The van der Waals surface area contributed by atoms with Crippen molar-refractivity contribution in [2.45, 2.75) is 6.10 Å². The first-order valence-electron chi connectivity index (χ1n) is 4.70. The van der Waals surface area contributed by atoms with Gasteiger partial charge in [-0.3, -0.25) is 0 Å². The molecule has 0 aliphatic carbocycles. The molecule has 1 aromatic rings. The molecule has 0 saturated carbocycles. The summed E-state index contributed by atoms with van der Waals surface area (Å²) in [5, 5.41) is 12.3. The molecule has 0 saturated heterocycles. The molecule has 0 spiro atoms. The third kappa shape index (κ3) is 3.62. The van der Waals surface area contributed by atoms with Gasteiger partial charge in [-0.15, -0.1) is 0 Å². The molecule has 0 fully saturated rings. The third-order valence-electron chi connectivity index (χ3n) is 1.98. The van der Waals surface area contributed by atoms with E-state index in [1.807, 2.05) is 0 Å². The summed E-state index contributed by atoms with van der Waals surface area (Å²) in [5.41, 5.74) is 6.48. The van der Waals surface area contributed by atoms with Crippen molar-refractivity contribution in [3.63, 3.8) is 0 Å². The van der Waals surface area contributed by atoms with Crippen molar-refractivity contribution < 1.29 is 14.2 Å². The number of nitrogen functional groups attached to an aromatic ring is 1. The SMILES string of the molecule is COCC(O)CNc1cc(Br)c(F)cc1N. The average molecular weight is 293 g/mol. The maximum atomic E-state index is 13.1. The van der Waals surface area contributed by atoms with E-state index in [-0.39, 0.29) is 13.2 Å². The highest BCUT2D eigenvalue weighted by molar-refractivity contribution is 9.10. The molecule has 16 heavy (non-hydrogen) atoms. The summed E-state index contributed by atoms with van der Waals surface area (Å²) in [6, 6.07) is 2.75. The molecular weight excluding hydrogens is 279 g/mol. The number of aliphatic hydroxyl groups is 1. The van der Waals surface area contributed by atoms with Crippen LogP contribution in [0.25, 0.3) is 0 Å². The molecule has 1 unspecified atom stereocenters. The van der Waals surface area contributed by atoms with Crippen LogP contribution in [0.4, 0.5) is 15.8 Å². The topological polar surface area (TPSA) is 67.5 Å². The molecular formula is C10H14BrFN2O2. The number of aliphatic hydroxyl groups excluding tert-OH is 1. The van der Waals surface area contributed by atoms with Gasteiger partial charge in [-0.2, -0.15) is 0 Å². The van der Waals surface area contributed by atoms with Gasteiger partial charge in [0.2, 0.25) is 0 Å². The highest BCUT2D eigenvalue weighted by atomic mass is 79.9. The second-order valence-corrected chi connectivity index (χ2v) is 4.20. The Morgan fingerprint density at radius 2 is 2.31 bits per heavy atom. The summed E-state index contributed by atoms with van der Waals surface area (Å²) in [4.78, 5) is 0. The van der Waals surface area contributed by atoms with Crippen LogP contribution >= 0.6 is 15.9 Å². The first-order chi connectivity index (χ1) is 7.54. The monoisotopic (exact) mass is 292 g/mol. The van der Waals surface area contributed by atoms with Crippen LogP contribution in [0.5, 0.6) is 0 Å². The van der Waals surface area contributed by atoms with Crippen LogP contribution < -0.4 is 11.1 Å². The Balaban J connectivity index is 2.63. The molecule has 0 bridgehead atoms. The lowest BCUT2D eigenvalue weighted by atomic mass is 10.2. The quantitative estimate of drug-likeness (QED) is 0.721. The summed E-state index contributed by atoms with van der Waals surface area (Å²) in [6.07, 6.45) is -0.631. The fraction of sp³-hybridized carbons (Fsp3) is 0.400. The van der Waals surface area contributed by atoms with E-state index >= 15 is 0 Å². The van der Waals surface area contributed by atoms with Crippen molar-refractivity contribution in [1.82, 2.24) is 0 Å². The van der Waals surface area contributed by atoms with Gasteiger partial charge in [-0.25, -0.2) is 4.39 Å². The lowest BCUT2D eigenvalue weighted by molar-refractivity contribution is 0.0728. The standard InChI is InChI=1S/C10H14BrFN2O2/c1-16-5-6(15)4-14-10-2-7(11)8(12)3-9(10)13/h2-3,6,14-15H,4-5,13H2,1H3. The number of nitrogens with one attached hydrogen (secondary N) is 1. The minimum absolute atomic E-state index is 0.231. The first-order valence-corrected chi connectivity index (χ1v) is 5.49. The van der Waals surface area contributed by atoms with Gasteiger partial charge in [0.15, 0.2) is 0 Å². The van der Waals surface area contributed by atoms with Crippen molar-refractivity contribution in [3.8, 4) is 0 Å². The van der Waals surface area contributed by atoms with E-state index in [4.69, 9.17) is 10.5 Å². The minimum Gasteiger partial charge on any atom is -0.397 e. The number of methoxy groups -OCH3 is 1. The molecule has 6 heteroatoms. The highest BCUT2D eigenvalue weighted by Crippen LogP contribution is 2.26. The van der Waals surface area contributed by atoms with Gasteiger partial charge in [-0.1, -0.05) is 0 Å². The van der Waals surface area contributed by atoms with Crippen molar-refractivity contribution in [3.05, 3.63) is 22.4 Å². The van der Waals surface area contributed by atoms with Crippen molar-refractivity contribution in [2.75, 3.05) is 31.3 Å². The molecule has 1 atom stereocenters. The number of anilines is 2. The van der Waals surface area contributed by atoms with Crippen LogP contribution in [0.2, 0.25) is 0 Å². The number of ether oxygens (including phenoxy) is 1. The van der Waals surface area contributed by atoms with Gasteiger partial charge in [0.25, 0.3) is 0 Å². The second-order valence-electron chi connectivity index (χ2n) is 3.34. The number of nitrogens with two attached hydrogens (primary N) is 1. The molecule has 90 valence electrons. The number of benzene rings is 1. The fourth-order valence-corrected chi connectivity index (χ4v) is 1.54. The number of hydrogen-bond donors (Lipinski definition) is 3. The van der Waals surface area contributed by atoms with Gasteiger partial charge in [0.05, 0.1) is 28.6 Å². The van der Waals surface area contributed by atoms with E-state index in [2.05, 4.69) is 21.2 Å². The first kappa shape index (κ1) is 13.2. The van der Waals surface area contributed by atoms with Crippen LogP contribution in [-0.2, 0) is 4.74 Å². The third-order valence-corrected chi connectivity index (χ3v) is 2.59. The summed E-state index contributed by atoms with van der Waals surface area (Å²) in [5.74, 6) is -0.416. The Bertz CT molecular complexity index is 363. The molecule has 0 aromatic heterocycles. The molecule has 0 aliphatic heterocycles. The lowest BCUT2D eigenvalue weighted by Gasteiger charge is -2.13. The van der Waals surface area contributed by atoms with Gasteiger partial charge in [0, 0.05) is 19.7 Å². The largest absolute Gasteiger partial charge is 0.397 e. The molecule has 0 amide bonds. The van der Waals surface area contributed by atoms with Crippen LogP contribution in [0.15, 0.2) is 16.6 Å². The number of halogens is 2. The summed E-state index contributed by atoms with van der Waals surface area (Å²) in [6.45, 7) is 0.519. The molecule has 0 heterocycles. The summed E-state index contributed by atoms with van der Waals surface area (Å²) >= 11 is 3.06. The van der Waals surface area contributed by atoms with Crippen molar-refractivity contribution in [1.29, 1.82) is 0 Å². The number of rotatable bonds is 5. The van der Waals surface area contributed by atoms with Crippen LogP contribution in [-0.4, -0.2) is 31.5 Å². The van der Waals surface area contributed by atoms with Crippen molar-refractivity contribution >= 4 is 27.3 Å². The Hall–Kier alpha value is -0.850. The van der Waals surface area contributed by atoms with E-state index in [9.17, 15) is 9.50 Å². The molecule has 1 rings (SSSR count). The maximum Gasteiger partial charge on any atom is 0.139 e. The zero-order valence-electron chi connectivity index (χ0n) is 8.84. The Morgan fingerprint density at radius 1 is 1.62 bits per heavy atom. The molecule has 4 N–H and O–H groups in total. The predicted octanol–water partition coefficient (Wildman–Crippen LogP) is 1.59. The maximum absolute atomic E-state index is 13.1. The zero-order chi connectivity index (χ0) is 12.1. The van der Waals surface area contributed by atoms with Gasteiger partial charge >= 0.3 is 0 Å². The van der Waals surface area contributed by atoms with Crippen molar-refractivity contribution in [2.24, 2.45) is 0 Å². The van der Waals surface area contributed by atoms with Gasteiger partial charge < -0.3 is 20.9 Å². The minimum atomic E-state index is -0.631. The Kier molecular flexibility index (Phi) is 4.98. The highest BCUT2D eigenvalue weighted by Gasteiger charge is 2.08. The van der Waals surface area contributed by atoms with Crippen LogP contribution in [0.3, 0.4) is 0 Å².